The number of benzene rings is 2. The maximum absolute atomic E-state index is 11.9. The highest BCUT2D eigenvalue weighted by molar-refractivity contribution is 7.86. The minimum absolute atomic E-state index is 0.0195. The average molecular weight is 360 g/mol. The van der Waals surface area contributed by atoms with Crippen LogP contribution in [-0.2, 0) is 25.0 Å². The normalized spacial score (nSPS) is 15.0. The van der Waals surface area contributed by atoms with Gasteiger partial charge in [-0.1, -0.05) is 6.07 Å². The lowest BCUT2D eigenvalue weighted by molar-refractivity contribution is 0.00413. The minimum Gasteiger partial charge on any atom is -0.455 e. The summed E-state index contributed by atoms with van der Waals surface area (Å²) >= 11 is 0. The number of cyclic esters (lactones) is 1. The first-order chi connectivity index (χ1) is 10.6. The molecule has 0 saturated heterocycles. The SMILES string of the molecule is O=C1OCOc2c(S(=O)(=O)O)cc3cc(S(=O)(=O)O)ccc3c21. The molecule has 0 unspecified atom stereocenters. The summed E-state index contributed by atoms with van der Waals surface area (Å²) in [5, 5.41) is 0.124. The van der Waals surface area contributed by atoms with Crippen LogP contribution in [0.25, 0.3) is 10.8 Å². The van der Waals surface area contributed by atoms with Gasteiger partial charge in [-0.15, -0.1) is 0 Å². The fraction of sp³-hybridized carbons (Fsp3) is 0.0833. The molecule has 9 nitrogen and oxygen atoms in total. The van der Waals surface area contributed by atoms with E-state index in [0.717, 1.165) is 18.2 Å². The molecule has 2 N–H and O–H groups in total. The van der Waals surface area contributed by atoms with Gasteiger partial charge in [0.2, 0.25) is 6.79 Å². The molecule has 0 aliphatic carbocycles. The van der Waals surface area contributed by atoms with Crippen LogP contribution in [0, 0.1) is 0 Å². The number of hydrogen-bond donors (Lipinski definition) is 2. The van der Waals surface area contributed by atoms with E-state index in [0.29, 0.717) is 0 Å². The fourth-order valence-corrected chi connectivity index (χ4v) is 3.44. The van der Waals surface area contributed by atoms with Gasteiger partial charge in [0.05, 0.1) is 4.90 Å². The van der Waals surface area contributed by atoms with Crippen molar-refractivity contribution in [3.63, 3.8) is 0 Å². The van der Waals surface area contributed by atoms with Crippen LogP contribution in [0.5, 0.6) is 5.75 Å². The molecule has 3 rings (SSSR count). The summed E-state index contributed by atoms with van der Waals surface area (Å²) in [6, 6.07) is 4.13. The molecule has 1 aliphatic rings. The lowest BCUT2D eigenvalue weighted by Crippen LogP contribution is -2.21. The van der Waals surface area contributed by atoms with Crippen LogP contribution in [0.4, 0.5) is 0 Å². The molecular formula is C12H8O9S2. The smallest absolute Gasteiger partial charge is 0.345 e. The number of carbonyl (C=O) groups is 1. The second-order valence-electron chi connectivity index (χ2n) is 4.61. The first kappa shape index (κ1) is 15.7. The monoisotopic (exact) mass is 360 g/mol. The zero-order chi connectivity index (χ0) is 17.0. The maximum atomic E-state index is 11.9. The second-order valence-corrected chi connectivity index (χ2v) is 7.42. The molecule has 0 atom stereocenters. The topological polar surface area (TPSA) is 144 Å². The summed E-state index contributed by atoms with van der Waals surface area (Å²) < 4.78 is 73.4. The third-order valence-corrected chi connectivity index (χ3v) is 4.91. The highest BCUT2D eigenvalue weighted by Gasteiger charge is 2.31. The van der Waals surface area contributed by atoms with E-state index in [1.807, 2.05) is 0 Å². The Morgan fingerprint density at radius 2 is 1.65 bits per heavy atom. The molecule has 0 amide bonds. The van der Waals surface area contributed by atoms with Crippen molar-refractivity contribution in [2.45, 2.75) is 9.79 Å². The maximum Gasteiger partial charge on any atom is 0.345 e. The van der Waals surface area contributed by atoms with Crippen molar-refractivity contribution in [2.24, 2.45) is 0 Å². The molecule has 0 radical (unpaired) electrons. The first-order valence-corrected chi connectivity index (χ1v) is 8.83. The van der Waals surface area contributed by atoms with E-state index in [2.05, 4.69) is 4.74 Å². The highest BCUT2D eigenvalue weighted by Crippen LogP contribution is 2.38. The summed E-state index contributed by atoms with van der Waals surface area (Å²) in [5.41, 5.74) is -0.261. The number of esters is 1. The highest BCUT2D eigenvalue weighted by atomic mass is 32.2. The molecule has 1 aliphatic heterocycles. The summed E-state index contributed by atoms with van der Waals surface area (Å²) in [4.78, 5) is 10.7. The quantitative estimate of drug-likeness (QED) is 0.588. The molecule has 2 aromatic rings. The minimum atomic E-state index is -4.75. The molecule has 0 fully saturated rings. The van der Waals surface area contributed by atoms with Crippen LogP contribution in [0.3, 0.4) is 0 Å². The first-order valence-electron chi connectivity index (χ1n) is 5.95. The Morgan fingerprint density at radius 3 is 2.26 bits per heavy atom. The van der Waals surface area contributed by atoms with Gasteiger partial charge in [-0.2, -0.15) is 16.8 Å². The van der Waals surface area contributed by atoms with Gasteiger partial charge in [-0.25, -0.2) is 4.79 Å². The zero-order valence-electron chi connectivity index (χ0n) is 11.1. The summed E-state index contributed by atoms with van der Waals surface area (Å²) in [6.07, 6.45) is 0. The Kier molecular flexibility index (Phi) is 3.33. The van der Waals surface area contributed by atoms with Gasteiger partial charge in [-0.05, 0) is 23.6 Å². The molecule has 2 aromatic carbocycles. The fourth-order valence-electron chi connectivity index (χ4n) is 2.25. The number of ether oxygens (including phenoxy) is 2. The van der Waals surface area contributed by atoms with E-state index >= 15 is 0 Å². The van der Waals surface area contributed by atoms with E-state index in [1.54, 1.807) is 0 Å². The summed E-state index contributed by atoms with van der Waals surface area (Å²) in [6.45, 7) is -0.525. The molecule has 122 valence electrons. The van der Waals surface area contributed by atoms with Crippen LogP contribution in [0.1, 0.15) is 10.4 Å². The van der Waals surface area contributed by atoms with Gasteiger partial charge in [0.25, 0.3) is 20.2 Å². The van der Waals surface area contributed by atoms with Crippen molar-refractivity contribution >= 4 is 37.0 Å². The largest absolute Gasteiger partial charge is 0.455 e. The summed E-state index contributed by atoms with van der Waals surface area (Å²) in [5.74, 6) is -1.27. The average Bonchev–Trinajstić information content (AvgIpc) is 2.43. The Labute approximate surface area is 129 Å². The Hall–Kier alpha value is -2.21. The zero-order valence-corrected chi connectivity index (χ0v) is 12.7. The number of carbonyl (C=O) groups excluding carboxylic acids is 1. The number of hydrogen-bond acceptors (Lipinski definition) is 7. The molecule has 0 saturated carbocycles. The van der Waals surface area contributed by atoms with E-state index < -0.39 is 42.8 Å². The number of rotatable bonds is 2. The predicted molar refractivity (Wildman–Crippen MR) is 74.5 cm³/mol. The second kappa shape index (κ2) is 4.89. The van der Waals surface area contributed by atoms with E-state index in [1.165, 1.54) is 6.07 Å². The van der Waals surface area contributed by atoms with Crippen LogP contribution >= 0.6 is 0 Å². The lowest BCUT2D eigenvalue weighted by atomic mass is 10.0. The van der Waals surface area contributed by atoms with Gasteiger partial charge < -0.3 is 9.47 Å². The molecule has 23 heavy (non-hydrogen) atoms. The van der Waals surface area contributed by atoms with Gasteiger partial charge in [0.15, 0.2) is 5.75 Å². The van der Waals surface area contributed by atoms with Crippen LogP contribution in [0.2, 0.25) is 0 Å². The molecule has 1 heterocycles. The van der Waals surface area contributed by atoms with Crippen LogP contribution in [0.15, 0.2) is 34.1 Å². The Balaban J connectivity index is 2.48. The molecular weight excluding hydrogens is 352 g/mol. The van der Waals surface area contributed by atoms with Gasteiger partial charge in [0.1, 0.15) is 10.5 Å². The van der Waals surface area contributed by atoms with E-state index in [-0.39, 0.29) is 22.1 Å². The van der Waals surface area contributed by atoms with Crippen molar-refractivity contribution < 1.29 is 40.2 Å². The van der Waals surface area contributed by atoms with Crippen LogP contribution < -0.4 is 4.74 Å². The van der Waals surface area contributed by atoms with Crippen molar-refractivity contribution in [1.82, 2.24) is 0 Å². The van der Waals surface area contributed by atoms with Crippen molar-refractivity contribution in [2.75, 3.05) is 6.79 Å². The third kappa shape index (κ3) is 2.63. The number of fused-ring (bicyclic) bond motifs is 3. The predicted octanol–water partition coefficient (Wildman–Crippen LogP) is 0.840. The van der Waals surface area contributed by atoms with Crippen LogP contribution in [-0.4, -0.2) is 38.7 Å². The van der Waals surface area contributed by atoms with Gasteiger partial charge >= 0.3 is 5.97 Å². The Bertz CT molecular complexity index is 1050. The van der Waals surface area contributed by atoms with Crippen molar-refractivity contribution in [3.8, 4) is 5.75 Å². The van der Waals surface area contributed by atoms with E-state index in [9.17, 15) is 26.2 Å². The molecule has 0 spiro atoms. The Morgan fingerprint density at radius 1 is 0.957 bits per heavy atom. The van der Waals surface area contributed by atoms with Crippen molar-refractivity contribution in [1.29, 1.82) is 0 Å². The van der Waals surface area contributed by atoms with E-state index in [4.69, 9.17) is 9.29 Å². The molecule has 0 aromatic heterocycles. The lowest BCUT2D eigenvalue weighted by Gasteiger charge is -2.20. The summed E-state index contributed by atoms with van der Waals surface area (Å²) in [7, 11) is -9.29. The molecule has 0 bridgehead atoms. The standard InChI is InChI=1S/C12H8O9S2/c13-12-10-8-2-1-7(22(14,15)16)3-6(8)4-9(23(17,18)19)11(10)20-5-21-12/h1-4H,5H2,(H,14,15,16)(H,17,18,19). The molecule has 11 heteroatoms. The van der Waals surface area contributed by atoms with Gasteiger partial charge in [0, 0.05) is 5.39 Å². The third-order valence-electron chi connectivity index (χ3n) is 3.20. The van der Waals surface area contributed by atoms with Crippen molar-refractivity contribution in [3.05, 3.63) is 29.8 Å². The van der Waals surface area contributed by atoms with Gasteiger partial charge in [-0.3, -0.25) is 9.11 Å².